The lowest BCUT2D eigenvalue weighted by molar-refractivity contribution is -0.149. The van der Waals surface area contributed by atoms with Gasteiger partial charge in [0.15, 0.2) is 0 Å². The van der Waals surface area contributed by atoms with Crippen LogP contribution in [-0.2, 0) is 4.79 Å². The third-order valence-corrected chi connectivity index (χ3v) is 1.26. The van der Waals surface area contributed by atoms with Crippen molar-refractivity contribution >= 4 is 5.97 Å². The first-order valence-electron chi connectivity index (χ1n) is 2.20. The van der Waals surface area contributed by atoms with Crippen molar-refractivity contribution < 1.29 is 23.1 Å². The van der Waals surface area contributed by atoms with E-state index in [9.17, 15) is 18.0 Å². The lowest BCUT2D eigenvalue weighted by Gasteiger charge is -1.96. The Kier molecular flexibility index (Phi) is 0.866. The largest absolute Gasteiger partial charge is 0.479 e. The molecule has 0 heterocycles. The van der Waals surface area contributed by atoms with Gasteiger partial charge in [-0.1, -0.05) is 0 Å². The molecule has 0 unspecified atom stereocenters. The van der Waals surface area contributed by atoms with E-state index in [4.69, 9.17) is 5.11 Å². The van der Waals surface area contributed by atoms with Crippen LogP contribution < -0.4 is 0 Å². The van der Waals surface area contributed by atoms with Crippen LogP contribution in [0.3, 0.4) is 0 Å². The van der Waals surface area contributed by atoms with Crippen LogP contribution in [0, 0.1) is 0 Å². The highest BCUT2D eigenvalue weighted by Crippen LogP contribution is 2.55. The van der Waals surface area contributed by atoms with Crippen LogP contribution in [0.5, 0.6) is 0 Å². The molecule has 0 aromatic rings. The Labute approximate surface area is 48.3 Å². The normalized spacial score (nSPS) is 38.1. The number of carboxylic acid groups (broad SMARTS) is 1. The van der Waals surface area contributed by atoms with Crippen molar-refractivity contribution in [1.82, 2.24) is 0 Å². The predicted molar refractivity (Wildman–Crippen MR) is 21.0 cm³/mol. The van der Waals surface area contributed by atoms with Gasteiger partial charge in [0.05, 0.1) is 6.42 Å². The molecule has 0 aromatic carbocycles. The predicted octanol–water partition coefficient (Wildman–Crippen LogP) is 0.818. The molecule has 1 aliphatic rings. The first-order chi connectivity index (χ1) is 3.90. The van der Waals surface area contributed by atoms with Gasteiger partial charge in [0, 0.05) is 0 Å². The number of carboxylic acids is 1. The topological polar surface area (TPSA) is 37.3 Å². The number of hydrogen-bond acceptors (Lipinski definition) is 1. The van der Waals surface area contributed by atoms with E-state index in [1.165, 1.54) is 0 Å². The lowest BCUT2D eigenvalue weighted by Crippen LogP contribution is -2.23. The minimum absolute atomic E-state index is 1.19. The van der Waals surface area contributed by atoms with Gasteiger partial charge in [-0.2, -0.15) is 0 Å². The molecule has 0 spiro atoms. The molecule has 9 heavy (non-hydrogen) atoms. The number of aliphatic carboxylic acids is 1. The second-order valence-corrected chi connectivity index (χ2v) is 1.99. The van der Waals surface area contributed by atoms with Crippen LogP contribution in [0.1, 0.15) is 6.42 Å². The molecule has 2 nitrogen and oxygen atoms in total. The van der Waals surface area contributed by atoms with Gasteiger partial charge in [-0.05, 0) is 0 Å². The average molecular weight is 140 g/mol. The first kappa shape index (κ1) is 6.38. The molecule has 0 radical (unpaired) electrons. The van der Waals surface area contributed by atoms with Crippen molar-refractivity contribution in [3.8, 4) is 0 Å². The molecule has 0 bridgehead atoms. The summed E-state index contributed by atoms with van der Waals surface area (Å²) in [5, 5.41) is 7.79. The molecular weight excluding hydrogens is 137 g/mol. The monoisotopic (exact) mass is 140 g/mol. The molecule has 0 saturated heterocycles. The number of halogens is 3. The standard InChI is InChI=1S/C4H3F3O2/c5-3(2(8)9)1-4(3,6)7/h1H2,(H,8,9)/t3-/m1/s1. The molecule has 1 rings (SSSR count). The number of hydrogen-bond donors (Lipinski definition) is 1. The van der Waals surface area contributed by atoms with Crippen molar-refractivity contribution in [2.75, 3.05) is 0 Å². The molecule has 1 aliphatic carbocycles. The summed E-state index contributed by atoms with van der Waals surface area (Å²) in [7, 11) is 0. The summed E-state index contributed by atoms with van der Waals surface area (Å²) >= 11 is 0. The summed E-state index contributed by atoms with van der Waals surface area (Å²) in [6, 6.07) is 0. The summed E-state index contributed by atoms with van der Waals surface area (Å²) in [6.45, 7) is 0. The van der Waals surface area contributed by atoms with E-state index in [0.717, 1.165) is 0 Å². The van der Waals surface area contributed by atoms with Crippen molar-refractivity contribution in [3.63, 3.8) is 0 Å². The fourth-order valence-corrected chi connectivity index (χ4v) is 0.494. The molecule has 1 fully saturated rings. The Morgan fingerprint density at radius 1 is 1.44 bits per heavy atom. The molecule has 1 saturated carbocycles. The van der Waals surface area contributed by atoms with Crippen LogP contribution in [0.15, 0.2) is 0 Å². The van der Waals surface area contributed by atoms with Gasteiger partial charge in [0.2, 0.25) is 0 Å². The van der Waals surface area contributed by atoms with E-state index in [1.807, 2.05) is 0 Å². The molecule has 1 N–H and O–H groups in total. The van der Waals surface area contributed by atoms with Gasteiger partial charge >= 0.3 is 5.97 Å². The Morgan fingerprint density at radius 2 is 1.78 bits per heavy atom. The fourth-order valence-electron chi connectivity index (χ4n) is 0.494. The summed E-state index contributed by atoms with van der Waals surface area (Å²) in [5.74, 6) is -5.72. The number of alkyl halides is 3. The molecule has 0 aliphatic heterocycles. The van der Waals surface area contributed by atoms with Crippen LogP contribution in [0.25, 0.3) is 0 Å². The van der Waals surface area contributed by atoms with Gasteiger partial charge in [-0.25, -0.2) is 18.0 Å². The van der Waals surface area contributed by atoms with Crippen LogP contribution >= 0.6 is 0 Å². The zero-order valence-corrected chi connectivity index (χ0v) is 4.20. The number of carbonyl (C=O) groups is 1. The van der Waals surface area contributed by atoms with E-state index in [2.05, 4.69) is 0 Å². The van der Waals surface area contributed by atoms with Crippen molar-refractivity contribution in [2.45, 2.75) is 18.0 Å². The average Bonchev–Trinajstić information content (AvgIpc) is 2.08. The Balaban J connectivity index is 2.74. The van der Waals surface area contributed by atoms with Crippen molar-refractivity contribution in [1.29, 1.82) is 0 Å². The maximum atomic E-state index is 12.1. The summed E-state index contributed by atoms with van der Waals surface area (Å²) in [5.41, 5.74) is -3.27. The minimum Gasteiger partial charge on any atom is -0.479 e. The summed E-state index contributed by atoms with van der Waals surface area (Å²) < 4.78 is 35.4. The highest BCUT2D eigenvalue weighted by Gasteiger charge is 2.78. The lowest BCUT2D eigenvalue weighted by atomic mass is 10.4. The first-order valence-corrected chi connectivity index (χ1v) is 2.20. The SMILES string of the molecule is O=C(O)[C@]1(F)CC1(F)F. The molecule has 0 amide bonds. The molecular formula is C4H3F3O2. The zero-order valence-electron chi connectivity index (χ0n) is 4.20. The highest BCUT2D eigenvalue weighted by molar-refractivity contribution is 5.83. The summed E-state index contributed by atoms with van der Waals surface area (Å²) in [4.78, 5) is 9.64. The van der Waals surface area contributed by atoms with Gasteiger partial charge in [-0.15, -0.1) is 0 Å². The quantitative estimate of drug-likeness (QED) is 0.585. The third kappa shape index (κ3) is 0.602. The molecule has 5 heteroatoms. The zero-order chi connectivity index (χ0) is 7.28. The van der Waals surface area contributed by atoms with Gasteiger partial charge in [0.25, 0.3) is 11.6 Å². The minimum atomic E-state index is -3.64. The second-order valence-electron chi connectivity index (χ2n) is 1.99. The highest BCUT2D eigenvalue weighted by atomic mass is 19.3. The smallest absolute Gasteiger partial charge is 0.348 e. The van der Waals surface area contributed by atoms with E-state index in [1.54, 1.807) is 0 Å². The van der Waals surface area contributed by atoms with E-state index >= 15 is 0 Å². The van der Waals surface area contributed by atoms with E-state index in [-0.39, 0.29) is 0 Å². The Hall–Kier alpha value is -0.740. The molecule has 0 aromatic heterocycles. The third-order valence-electron chi connectivity index (χ3n) is 1.26. The molecule has 1 atom stereocenters. The van der Waals surface area contributed by atoms with Crippen LogP contribution in [0.2, 0.25) is 0 Å². The van der Waals surface area contributed by atoms with Crippen molar-refractivity contribution in [2.24, 2.45) is 0 Å². The van der Waals surface area contributed by atoms with Crippen LogP contribution in [0.4, 0.5) is 13.2 Å². The van der Waals surface area contributed by atoms with Crippen molar-refractivity contribution in [3.05, 3.63) is 0 Å². The summed E-state index contributed by atoms with van der Waals surface area (Å²) in [6.07, 6.45) is -1.19. The Bertz CT molecular complexity index is 167. The van der Waals surface area contributed by atoms with Gasteiger partial charge < -0.3 is 5.11 Å². The maximum absolute atomic E-state index is 12.1. The number of rotatable bonds is 1. The Morgan fingerprint density at radius 3 is 1.78 bits per heavy atom. The van der Waals surface area contributed by atoms with Gasteiger partial charge in [-0.3, -0.25) is 0 Å². The van der Waals surface area contributed by atoms with E-state index in [0.29, 0.717) is 0 Å². The van der Waals surface area contributed by atoms with Crippen LogP contribution in [-0.4, -0.2) is 22.7 Å². The second kappa shape index (κ2) is 1.22. The molecule has 52 valence electrons. The maximum Gasteiger partial charge on any atom is 0.348 e. The fraction of sp³-hybridized carbons (Fsp3) is 0.750. The van der Waals surface area contributed by atoms with Gasteiger partial charge in [0.1, 0.15) is 0 Å². The van der Waals surface area contributed by atoms with E-state index < -0.39 is 24.0 Å².